The lowest BCUT2D eigenvalue weighted by Gasteiger charge is -2.04. The number of carbonyl (C=O) groups is 1. The maximum atomic E-state index is 10.9. The van der Waals surface area contributed by atoms with Crippen LogP contribution in [-0.2, 0) is 0 Å². The summed E-state index contributed by atoms with van der Waals surface area (Å²) in [5.74, 6) is -0.929. The fourth-order valence-corrected chi connectivity index (χ4v) is 1.51. The SMILES string of the molecule is [B]c1ccc(C(=O)O)c2ccccc12. The number of carboxylic acid groups (broad SMARTS) is 1. The Kier molecular flexibility index (Phi) is 2.00. The Hall–Kier alpha value is -1.77. The molecular formula is C11H7BO2. The van der Waals surface area contributed by atoms with E-state index >= 15 is 0 Å². The fourth-order valence-electron chi connectivity index (χ4n) is 1.51. The zero-order chi connectivity index (χ0) is 10.1. The van der Waals surface area contributed by atoms with Crippen molar-refractivity contribution in [1.29, 1.82) is 0 Å². The number of hydrogen-bond donors (Lipinski definition) is 1. The van der Waals surface area contributed by atoms with E-state index in [0.29, 0.717) is 10.8 Å². The fraction of sp³-hybridized carbons (Fsp3) is 0. The molecule has 0 atom stereocenters. The average Bonchev–Trinajstić information content (AvgIpc) is 2.18. The topological polar surface area (TPSA) is 37.3 Å². The second-order valence-corrected chi connectivity index (χ2v) is 3.05. The summed E-state index contributed by atoms with van der Waals surface area (Å²) in [4.78, 5) is 10.9. The molecule has 0 heterocycles. The third kappa shape index (κ3) is 1.27. The molecule has 0 bridgehead atoms. The van der Waals surface area contributed by atoms with Crippen LogP contribution in [0.2, 0.25) is 0 Å². The molecule has 2 rings (SSSR count). The van der Waals surface area contributed by atoms with E-state index in [1.807, 2.05) is 12.1 Å². The molecule has 14 heavy (non-hydrogen) atoms. The Morgan fingerprint density at radius 3 is 2.36 bits per heavy atom. The van der Waals surface area contributed by atoms with Crippen LogP contribution in [0.1, 0.15) is 10.4 Å². The number of aromatic carboxylic acids is 1. The third-order valence-electron chi connectivity index (χ3n) is 2.19. The monoisotopic (exact) mass is 182 g/mol. The van der Waals surface area contributed by atoms with Crippen molar-refractivity contribution in [2.24, 2.45) is 0 Å². The predicted octanol–water partition coefficient (Wildman–Crippen LogP) is 1.33. The van der Waals surface area contributed by atoms with Crippen LogP contribution in [0.4, 0.5) is 0 Å². The van der Waals surface area contributed by atoms with Crippen LogP contribution in [0.5, 0.6) is 0 Å². The number of benzene rings is 2. The summed E-state index contributed by atoms with van der Waals surface area (Å²) in [5.41, 5.74) is 0.889. The highest BCUT2D eigenvalue weighted by atomic mass is 16.4. The zero-order valence-corrected chi connectivity index (χ0v) is 7.40. The minimum atomic E-state index is -0.929. The van der Waals surface area contributed by atoms with Crippen molar-refractivity contribution in [2.75, 3.05) is 0 Å². The van der Waals surface area contributed by atoms with Gasteiger partial charge in [0.1, 0.15) is 7.85 Å². The zero-order valence-electron chi connectivity index (χ0n) is 7.40. The maximum absolute atomic E-state index is 10.9. The molecule has 0 fully saturated rings. The highest BCUT2D eigenvalue weighted by Crippen LogP contribution is 2.16. The summed E-state index contributed by atoms with van der Waals surface area (Å²) in [6.07, 6.45) is 0. The Morgan fingerprint density at radius 2 is 1.71 bits per heavy atom. The van der Waals surface area contributed by atoms with E-state index in [-0.39, 0.29) is 5.56 Å². The van der Waals surface area contributed by atoms with Gasteiger partial charge in [0.15, 0.2) is 0 Å². The molecule has 0 saturated carbocycles. The standard InChI is InChI=1S/C11H7BO2/c12-10-6-5-9(11(13)14)7-3-1-2-4-8(7)10/h1-6H,(H,13,14). The summed E-state index contributed by atoms with van der Waals surface area (Å²) >= 11 is 0. The average molecular weight is 182 g/mol. The molecule has 0 aliphatic heterocycles. The second-order valence-electron chi connectivity index (χ2n) is 3.05. The van der Waals surface area contributed by atoms with Crippen LogP contribution in [-0.4, -0.2) is 18.9 Å². The van der Waals surface area contributed by atoms with E-state index in [4.69, 9.17) is 13.0 Å². The highest BCUT2D eigenvalue weighted by Gasteiger charge is 2.07. The summed E-state index contributed by atoms with van der Waals surface area (Å²) in [6.45, 7) is 0. The molecule has 0 aliphatic rings. The number of carboxylic acids is 1. The van der Waals surface area contributed by atoms with E-state index in [2.05, 4.69) is 0 Å². The lowest BCUT2D eigenvalue weighted by molar-refractivity contribution is 0.0699. The molecule has 2 aromatic rings. The highest BCUT2D eigenvalue weighted by molar-refractivity contribution is 6.39. The van der Waals surface area contributed by atoms with Crippen molar-refractivity contribution in [1.82, 2.24) is 0 Å². The van der Waals surface area contributed by atoms with E-state index in [9.17, 15) is 4.79 Å². The summed E-state index contributed by atoms with van der Waals surface area (Å²) in [7, 11) is 5.73. The molecule has 2 radical (unpaired) electrons. The van der Waals surface area contributed by atoms with E-state index in [1.165, 1.54) is 6.07 Å². The van der Waals surface area contributed by atoms with Crippen LogP contribution < -0.4 is 5.46 Å². The molecule has 0 amide bonds. The van der Waals surface area contributed by atoms with E-state index in [0.717, 1.165) is 5.39 Å². The maximum Gasteiger partial charge on any atom is 0.336 e. The van der Waals surface area contributed by atoms with Crippen LogP contribution >= 0.6 is 0 Å². The first kappa shape index (κ1) is 8.82. The van der Waals surface area contributed by atoms with Gasteiger partial charge in [0, 0.05) is 0 Å². The summed E-state index contributed by atoms with van der Waals surface area (Å²) in [6, 6.07) is 10.4. The van der Waals surface area contributed by atoms with Gasteiger partial charge in [-0.1, -0.05) is 35.8 Å². The van der Waals surface area contributed by atoms with Gasteiger partial charge < -0.3 is 5.11 Å². The molecule has 0 unspecified atom stereocenters. The number of fused-ring (bicyclic) bond motifs is 1. The lowest BCUT2D eigenvalue weighted by atomic mass is 9.88. The first-order valence-electron chi connectivity index (χ1n) is 4.20. The van der Waals surface area contributed by atoms with Crippen molar-refractivity contribution in [3.63, 3.8) is 0 Å². The predicted molar refractivity (Wildman–Crippen MR) is 56.3 cm³/mol. The minimum Gasteiger partial charge on any atom is -0.478 e. The van der Waals surface area contributed by atoms with Gasteiger partial charge in [0.2, 0.25) is 0 Å². The van der Waals surface area contributed by atoms with Crippen molar-refractivity contribution in [2.45, 2.75) is 0 Å². The van der Waals surface area contributed by atoms with Gasteiger partial charge in [-0.2, -0.15) is 0 Å². The van der Waals surface area contributed by atoms with Gasteiger partial charge in [-0.25, -0.2) is 4.79 Å². The van der Waals surface area contributed by atoms with Crippen molar-refractivity contribution in [3.8, 4) is 0 Å². The van der Waals surface area contributed by atoms with E-state index in [1.54, 1.807) is 18.2 Å². The minimum absolute atomic E-state index is 0.287. The van der Waals surface area contributed by atoms with Gasteiger partial charge in [-0.15, -0.1) is 0 Å². The molecule has 0 aliphatic carbocycles. The molecule has 0 aromatic heterocycles. The molecular weight excluding hydrogens is 175 g/mol. The second kappa shape index (κ2) is 3.18. The Labute approximate surface area is 82.6 Å². The molecule has 66 valence electrons. The largest absolute Gasteiger partial charge is 0.478 e. The Balaban J connectivity index is 2.88. The quantitative estimate of drug-likeness (QED) is 0.675. The number of rotatable bonds is 1. The molecule has 2 nitrogen and oxygen atoms in total. The molecule has 2 aromatic carbocycles. The van der Waals surface area contributed by atoms with Gasteiger partial charge in [-0.05, 0) is 16.8 Å². The van der Waals surface area contributed by atoms with Crippen LogP contribution in [0.3, 0.4) is 0 Å². The first-order chi connectivity index (χ1) is 6.70. The van der Waals surface area contributed by atoms with Crippen LogP contribution in [0, 0.1) is 0 Å². The number of hydrogen-bond acceptors (Lipinski definition) is 1. The summed E-state index contributed by atoms with van der Waals surface area (Å²) in [5, 5.41) is 10.4. The van der Waals surface area contributed by atoms with Crippen LogP contribution in [0.15, 0.2) is 36.4 Å². The van der Waals surface area contributed by atoms with Crippen molar-refractivity contribution >= 4 is 30.1 Å². The molecule has 1 N–H and O–H groups in total. The first-order valence-corrected chi connectivity index (χ1v) is 4.20. The Morgan fingerprint density at radius 1 is 1.07 bits per heavy atom. The molecule has 0 spiro atoms. The third-order valence-corrected chi connectivity index (χ3v) is 2.19. The van der Waals surface area contributed by atoms with Gasteiger partial charge >= 0.3 is 5.97 Å². The van der Waals surface area contributed by atoms with Gasteiger partial charge in [0.05, 0.1) is 5.56 Å². The van der Waals surface area contributed by atoms with Crippen LogP contribution in [0.25, 0.3) is 10.8 Å². The molecule has 3 heteroatoms. The van der Waals surface area contributed by atoms with Crippen molar-refractivity contribution < 1.29 is 9.90 Å². The smallest absolute Gasteiger partial charge is 0.336 e. The van der Waals surface area contributed by atoms with E-state index < -0.39 is 5.97 Å². The Bertz CT molecular complexity index is 506. The van der Waals surface area contributed by atoms with Crippen molar-refractivity contribution in [3.05, 3.63) is 42.0 Å². The summed E-state index contributed by atoms with van der Waals surface area (Å²) < 4.78 is 0. The normalized spacial score (nSPS) is 10.3. The van der Waals surface area contributed by atoms with Gasteiger partial charge in [0.25, 0.3) is 0 Å². The molecule has 0 saturated heterocycles. The van der Waals surface area contributed by atoms with Gasteiger partial charge in [-0.3, -0.25) is 0 Å². The lowest BCUT2D eigenvalue weighted by Crippen LogP contribution is -2.07.